The van der Waals surface area contributed by atoms with Gasteiger partial charge in [-0.1, -0.05) is 12.1 Å². The Labute approximate surface area is 153 Å². The predicted octanol–water partition coefficient (Wildman–Crippen LogP) is 4.42. The molecule has 2 aromatic carbocycles. The molecule has 0 bridgehead atoms. The number of hydrogen-bond acceptors (Lipinski definition) is 5. The number of ketones is 1. The Kier molecular flexibility index (Phi) is 5.20. The van der Waals surface area contributed by atoms with Crippen molar-refractivity contribution in [1.82, 2.24) is 0 Å². The molecule has 0 amide bonds. The Balaban J connectivity index is 2.04. The molecule has 0 saturated carbocycles. The molecule has 0 aliphatic carbocycles. The van der Waals surface area contributed by atoms with E-state index < -0.39 is 0 Å². The highest BCUT2D eigenvalue weighted by atomic mass is 16.5. The second-order valence-electron chi connectivity index (χ2n) is 6.32. The van der Waals surface area contributed by atoms with E-state index >= 15 is 0 Å². The van der Waals surface area contributed by atoms with Crippen molar-refractivity contribution in [3.63, 3.8) is 0 Å². The number of hydrogen-bond donors (Lipinski definition) is 0. The van der Waals surface area contributed by atoms with Crippen LogP contribution in [0, 0.1) is 22.7 Å². The van der Waals surface area contributed by atoms with Crippen LogP contribution < -0.4 is 9.64 Å². The van der Waals surface area contributed by atoms with Crippen LogP contribution in [-0.4, -0.2) is 18.9 Å². The van der Waals surface area contributed by atoms with E-state index in [0.717, 1.165) is 31.6 Å². The highest BCUT2D eigenvalue weighted by Gasteiger charge is 2.19. The molecule has 26 heavy (non-hydrogen) atoms. The zero-order valence-electron chi connectivity index (χ0n) is 14.7. The third-order valence-electron chi connectivity index (χ3n) is 4.51. The van der Waals surface area contributed by atoms with E-state index in [-0.39, 0.29) is 11.3 Å². The third-order valence-corrected chi connectivity index (χ3v) is 4.51. The van der Waals surface area contributed by atoms with E-state index in [1.807, 2.05) is 0 Å². The van der Waals surface area contributed by atoms with Crippen molar-refractivity contribution >= 4 is 11.5 Å². The van der Waals surface area contributed by atoms with E-state index in [1.165, 1.54) is 13.3 Å². The summed E-state index contributed by atoms with van der Waals surface area (Å²) in [5.74, 6) is 1.02. The predicted molar refractivity (Wildman–Crippen MR) is 98.5 cm³/mol. The SMILES string of the molecule is CC(=O)c1cccc(Oc2cc(C#N)c(C#N)cc2N2CCCCC2)c1. The summed E-state index contributed by atoms with van der Waals surface area (Å²) in [4.78, 5) is 13.8. The van der Waals surface area contributed by atoms with Crippen molar-refractivity contribution < 1.29 is 9.53 Å². The third kappa shape index (κ3) is 3.68. The molecule has 0 radical (unpaired) electrons. The standard InChI is InChI=1S/C21H19N3O2/c1-15(25)16-6-5-7-19(10-16)26-21-12-18(14-23)17(13-22)11-20(21)24-8-3-2-4-9-24/h5-7,10-12H,2-4,8-9H2,1H3. The van der Waals surface area contributed by atoms with E-state index in [2.05, 4.69) is 17.0 Å². The monoisotopic (exact) mass is 345 g/mol. The van der Waals surface area contributed by atoms with Gasteiger partial charge in [-0.3, -0.25) is 4.79 Å². The number of carbonyl (C=O) groups is 1. The summed E-state index contributed by atoms with van der Waals surface area (Å²) < 4.78 is 6.04. The van der Waals surface area contributed by atoms with Gasteiger partial charge in [0, 0.05) is 24.7 Å². The fraction of sp³-hybridized carbons (Fsp3) is 0.286. The van der Waals surface area contributed by atoms with Crippen LogP contribution in [0.5, 0.6) is 11.5 Å². The first kappa shape index (κ1) is 17.5. The van der Waals surface area contributed by atoms with Gasteiger partial charge in [-0.25, -0.2) is 0 Å². The minimum absolute atomic E-state index is 0.0377. The maximum atomic E-state index is 11.6. The average molecular weight is 345 g/mol. The number of nitriles is 2. The second kappa shape index (κ2) is 7.72. The van der Waals surface area contributed by atoms with Crippen LogP contribution in [0.2, 0.25) is 0 Å². The van der Waals surface area contributed by atoms with Crippen molar-refractivity contribution in [2.24, 2.45) is 0 Å². The zero-order chi connectivity index (χ0) is 18.5. The van der Waals surface area contributed by atoms with Gasteiger partial charge in [0.2, 0.25) is 0 Å². The number of rotatable bonds is 4. The lowest BCUT2D eigenvalue weighted by Gasteiger charge is -2.30. The highest BCUT2D eigenvalue weighted by molar-refractivity contribution is 5.94. The normalized spacial score (nSPS) is 13.6. The number of anilines is 1. The molecule has 1 aliphatic heterocycles. The molecule has 5 heteroatoms. The topological polar surface area (TPSA) is 77.1 Å². The summed E-state index contributed by atoms with van der Waals surface area (Å²) in [6.45, 7) is 3.29. The van der Waals surface area contributed by atoms with Crippen molar-refractivity contribution in [2.45, 2.75) is 26.2 Å². The molecular weight excluding hydrogens is 326 g/mol. The van der Waals surface area contributed by atoms with Gasteiger partial charge in [0.1, 0.15) is 17.9 Å². The Morgan fingerprint density at radius 1 is 1.04 bits per heavy atom. The molecule has 1 saturated heterocycles. The molecule has 0 unspecified atom stereocenters. The lowest BCUT2D eigenvalue weighted by molar-refractivity contribution is 0.101. The van der Waals surface area contributed by atoms with E-state index in [0.29, 0.717) is 22.6 Å². The van der Waals surface area contributed by atoms with Crippen molar-refractivity contribution in [1.29, 1.82) is 10.5 Å². The van der Waals surface area contributed by atoms with Gasteiger partial charge >= 0.3 is 0 Å². The Bertz CT molecular complexity index is 916. The fourth-order valence-corrected chi connectivity index (χ4v) is 3.12. The molecule has 0 aromatic heterocycles. The van der Waals surface area contributed by atoms with Crippen molar-refractivity contribution in [2.75, 3.05) is 18.0 Å². The van der Waals surface area contributed by atoms with E-state index in [9.17, 15) is 15.3 Å². The molecule has 130 valence electrons. The van der Waals surface area contributed by atoms with Crippen LogP contribution in [0.15, 0.2) is 36.4 Å². The molecule has 0 atom stereocenters. The molecular formula is C21H19N3O2. The lowest BCUT2D eigenvalue weighted by atomic mass is 10.0. The van der Waals surface area contributed by atoms with Crippen LogP contribution >= 0.6 is 0 Å². The number of benzene rings is 2. The van der Waals surface area contributed by atoms with Crippen LogP contribution in [-0.2, 0) is 0 Å². The highest BCUT2D eigenvalue weighted by Crippen LogP contribution is 2.36. The van der Waals surface area contributed by atoms with Gasteiger partial charge < -0.3 is 9.64 Å². The zero-order valence-corrected chi connectivity index (χ0v) is 14.7. The Morgan fingerprint density at radius 3 is 2.38 bits per heavy atom. The van der Waals surface area contributed by atoms with Crippen molar-refractivity contribution in [3.8, 4) is 23.6 Å². The number of piperidine rings is 1. The molecule has 3 rings (SSSR count). The van der Waals surface area contributed by atoms with Crippen LogP contribution in [0.4, 0.5) is 5.69 Å². The van der Waals surface area contributed by atoms with E-state index in [1.54, 1.807) is 36.4 Å². The molecule has 1 heterocycles. The smallest absolute Gasteiger partial charge is 0.159 e. The van der Waals surface area contributed by atoms with Crippen LogP contribution in [0.3, 0.4) is 0 Å². The number of carbonyl (C=O) groups excluding carboxylic acids is 1. The number of Topliss-reactive ketones (excluding diaryl/α,β-unsaturated/α-hetero) is 1. The first-order valence-electron chi connectivity index (χ1n) is 8.64. The summed E-state index contributed by atoms with van der Waals surface area (Å²) in [7, 11) is 0. The molecule has 1 fully saturated rings. The Morgan fingerprint density at radius 2 is 1.73 bits per heavy atom. The summed E-state index contributed by atoms with van der Waals surface area (Å²) >= 11 is 0. The van der Waals surface area contributed by atoms with Gasteiger partial charge in [0.15, 0.2) is 11.5 Å². The second-order valence-corrected chi connectivity index (χ2v) is 6.32. The first-order valence-corrected chi connectivity index (χ1v) is 8.64. The summed E-state index contributed by atoms with van der Waals surface area (Å²) in [5.41, 5.74) is 2.01. The lowest BCUT2D eigenvalue weighted by Crippen LogP contribution is -2.29. The first-order chi connectivity index (χ1) is 12.6. The van der Waals surface area contributed by atoms with Gasteiger partial charge in [0.05, 0.1) is 16.8 Å². The largest absolute Gasteiger partial charge is 0.455 e. The summed E-state index contributed by atoms with van der Waals surface area (Å²) in [5, 5.41) is 18.7. The maximum Gasteiger partial charge on any atom is 0.159 e. The number of nitrogens with zero attached hydrogens (tertiary/aromatic N) is 3. The quantitative estimate of drug-likeness (QED) is 0.767. The van der Waals surface area contributed by atoms with Gasteiger partial charge in [0.25, 0.3) is 0 Å². The molecule has 1 aliphatic rings. The summed E-state index contributed by atoms with van der Waals surface area (Å²) in [6, 6.07) is 14.5. The fourth-order valence-electron chi connectivity index (χ4n) is 3.12. The molecule has 0 spiro atoms. The maximum absolute atomic E-state index is 11.6. The van der Waals surface area contributed by atoms with E-state index in [4.69, 9.17) is 4.74 Å². The van der Waals surface area contributed by atoms with Gasteiger partial charge in [-0.05, 0) is 44.4 Å². The Hall–Kier alpha value is -3.31. The molecule has 5 nitrogen and oxygen atoms in total. The van der Waals surface area contributed by atoms with Gasteiger partial charge in [-0.2, -0.15) is 10.5 Å². The van der Waals surface area contributed by atoms with Crippen molar-refractivity contribution in [3.05, 3.63) is 53.1 Å². The minimum Gasteiger partial charge on any atom is -0.455 e. The minimum atomic E-state index is -0.0377. The van der Waals surface area contributed by atoms with Crippen LogP contribution in [0.25, 0.3) is 0 Å². The molecule has 0 N–H and O–H groups in total. The van der Waals surface area contributed by atoms with Crippen LogP contribution in [0.1, 0.15) is 47.7 Å². The number of ether oxygens (including phenoxy) is 1. The molecule has 2 aromatic rings. The summed E-state index contributed by atoms with van der Waals surface area (Å²) in [6.07, 6.45) is 3.36. The average Bonchev–Trinajstić information content (AvgIpc) is 2.68. The van der Waals surface area contributed by atoms with Gasteiger partial charge in [-0.15, -0.1) is 0 Å².